The third kappa shape index (κ3) is 3.03. The minimum absolute atomic E-state index is 0.0490. The van der Waals surface area contributed by atoms with Gasteiger partial charge in [0.2, 0.25) is 0 Å². The van der Waals surface area contributed by atoms with Gasteiger partial charge in [0.05, 0.1) is 0 Å². The Labute approximate surface area is 120 Å². The fourth-order valence-corrected chi connectivity index (χ4v) is 3.33. The first-order valence-corrected chi connectivity index (χ1v) is 7.64. The SMILES string of the molecule is CC(N)C(c1ccc(F)cc1)N1CCN(C2CC2)CC1. The first kappa shape index (κ1) is 14.0. The van der Waals surface area contributed by atoms with Crippen LogP contribution in [-0.2, 0) is 0 Å². The molecule has 2 N–H and O–H groups in total. The summed E-state index contributed by atoms with van der Waals surface area (Å²) in [7, 11) is 0. The molecule has 3 nitrogen and oxygen atoms in total. The van der Waals surface area contributed by atoms with Crippen LogP contribution < -0.4 is 5.73 Å². The smallest absolute Gasteiger partial charge is 0.123 e. The molecule has 1 aromatic rings. The zero-order chi connectivity index (χ0) is 14.1. The van der Waals surface area contributed by atoms with Crippen LogP contribution >= 0.6 is 0 Å². The monoisotopic (exact) mass is 277 g/mol. The Morgan fingerprint density at radius 1 is 1.10 bits per heavy atom. The standard InChI is InChI=1S/C16H24FN3/c1-12(18)16(13-2-4-14(17)5-3-13)20-10-8-19(9-11-20)15-6-7-15/h2-5,12,15-16H,6-11,18H2,1H3. The Morgan fingerprint density at radius 3 is 2.20 bits per heavy atom. The third-order valence-electron chi connectivity index (χ3n) is 4.52. The van der Waals surface area contributed by atoms with Crippen LogP contribution in [-0.4, -0.2) is 48.1 Å². The van der Waals surface area contributed by atoms with Gasteiger partial charge in [-0.15, -0.1) is 0 Å². The van der Waals surface area contributed by atoms with E-state index < -0.39 is 0 Å². The summed E-state index contributed by atoms with van der Waals surface area (Å²) in [6.45, 7) is 6.42. The van der Waals surface area contributed by atoms with Crippen molar-refractivity contribution in [3.05, 3.63) is 35.6 Å². The molecular formula is C16H24FN3. The van der Waals surface area contributed by atoms with Crippen molar-refractivity contribution >= 4 is 0 Å². The minimum Gasteiger partial charge on any atom is -0.326 e. The van der Waals surface area contributed by atoms with Crippen LogP contribution in [0.15, 0.2) is 24.3 Å². The lowest BCUT2D eigenvalue weighted by Crippen LogP contribution is -2.51. The predicted octanol–water partition coefficient (Wildman–Crippen LogP) is 1.99. The van der Waals surface area contributed by atoms with E-state index in [2.05, 4.69) is 9.80 Å². The van der Waals surface area contributed by atoms with Crippen molar-refractivity contribution in [3.63, 3.8) is 0 Å². The summed E-state index contributed by atoms with van der Waals surface area (Å²) >= 11 is 0. The van der Waals surface area contributed by atoms with Crippen molar-refractivity contribution in [2.75, 3.05) is 26.2 Å². The van der Waals surface area contributed by atoms with Crippen LogP contribution in [0.4, 0.5) is 4.39 Å². The van der Waals surface area contributed by atoms with Crippen molar-refractivity contribution in [2.45, 2.75) is 37.9 Å². The molecule has 1 heterocycles. The van der Waals surface area contributed by atoms with Crippen molar-refractivity contribution in [2.24, 2.45) is 5.73 Å². The molecule has 1 saturated heterocycles. The average Bonchev–Trinajstić information content (AvgIpc) is 3.26. The predicted molar refractivity (Wildman–Crippen MR) is 79.0 cm³/mol. The van der Waals surface area contributed by atoms with Crippen molar-refractivity contribution < 1.29 is 4.39 Å². The van der Waals surface area contributed by atoms with Crippen LogP contribution in [0.1, 0.15) is 31.4 Å². The van der Waals surface area contributed by atoms with Crippen LogP contribution in [0.5, 0.6) is 0 Å². The van der Waals surface area contributed by atoms with Gasteiger partial charge in [0.1, 0.15) is 5.82 Å². The molecule has 0 aromatic heterocycles. The molecule has 3 rings (SSSR count). The molecule has 0 spiro atoms. The maximum absolute atomic E-state index is 13.1. The highest BCUT2D eigenvalue weighted by molar-refractivity contribution is 5.21. The summed E-state index contributed by atoms with van der Waals surface area (Å²) in [5.74, 6) is -0.185. The zero-order valence-electron chi connectivity index (χ0n) is 12.1. The van der Waals surface area contributed by atoms with E-state index >= 15 is 0 Å². The first-order valence-electron chi connectivity index (χ1n) is 7.64. The van der Waals surface area contributed by atoms with Crippen molar-refractivity contribution in [3.8, 4) is 0 Å². The van der Waals surface area contributed by atoms with E-state index in [-0.39, 0.29) is 17.9 Å². The fraction of sp³-hybridized carbons (Fsp3) is 0.625. The molecule has 2 aliphatic rings. The molecule has 1 saturated carbocycles. The number of hydrogen-bond acceptors (Lipinski definition) is 3. The second-order valence-corrected chi connectivity index (χ2v) is 6.16. The van der Waals surface area contributed by atoms with Gasteiger partial charge in [-0.25, -0.2) is 4.39 Å². The van der Waals surface area contributed by atoms with E-state index in [1.54, 1.807) is 0 Å². The molecule has 110 valence electrons. The first-order chi connectivity index (χ1) is 9.65. The molecule has 1 aliphatic carbocycles. The highest BCUT2D eigenvalue weighted by Crippen LogP contribution is 2.30. The van der Waals surface area contributed by atoms with Gasteiger partial charge in [-0.2, -0.15) is 0 Å². The lowest BCUT2D eigenvalue weighted by Gasteiger charge is -2.41. The van der Waals surface area contributed by atoms with Gasteiger partial charge < -0.3 is 5.73 Å². The molecule has 2 atom stereocenters. The molecule has 20 heavy (non-hydrogen) atoms. The van der Waals surface area contributed by atoms with Gasteiger partial charge in [-0.1, -0.05) is 12.1 Å². The number of piperazine rings is 1. The number of benzene rings is 1. The van der Waals surface area contributed by atoms with Crippen molar-refractivity contribution in [1.82, 2.24) is 9.80 Å². The number of nitrogens with two attached hydrogens (primary N) is 1. The molecule has 1 aromatic carbocycles. The van der Waals surface area contributed by atoms with Gasteiger partial charge in [-0.05, 0) is 37.5 Å². The van der Waals surface area contributed by atoms with E-state index in [0.29, 0.717) is 0 Å². The largest absolute Gasteiger partial charge is 0.326 e. The van der Waals surface area contributed by atoms with Gasteiger partial charge in [-0.3, -0.25) is 9.80 Å². The third-order valence-corrected chi connectivity index (χ3v) is 4.52. The average molecular weight is 277 g/mol. The van der Waals surface area contributed by atoms with Crippen LogP contribution in [0.3, 0.4) is 0 Å². The van der Waals surface area contributed by atoms with Crippen LogP contribution in [0.25, 0.3) is 0 Å². The highest BCUT2D eigenvalue weighted by Gasteiger charge is 2.34. The summed E-state index contributed by atoms with van der Waals surface area (Å²) < 4.78 is 13.1. The van der Waals surface area contributed by atoms with Gasteiger partial charge in [0.15, 0.2) is 0 Å². The Morgan fingerprint density at radius 2 is 1.70 bits per heavy atom. The summed E-state index contributed by atoms with van der Waals surface area (Å²) in [5.41, 5.74) is 7.32. The molecule has 4 heteroatoms. The molecule has 0 amide bonds. The van der Waals surface area contributed by atoms with Gasteiger partial charge in [0.25, 0.3) is 0 Å². The van der Waals surface area contributed by atoms with E-state index in [0.717, 1.165) is 37.8 Å². The Balaban J connectivity index is 1.69. The zero-order valence-corrected chi connectivity index (χ0v) is 12.1. The fourth-order valence-electron chi connectivity index (χ4n) is 3.33. The quantitative estimate of drug-likeness (QED) is 0.913. The molecule has 2 fully saturated rings. The highest BCUT2D eigenvalue weighted by atomic mass is 19.1. The molecular weight excluding hydrogens is 253 g/mol. The summed E-state index contributed by atoms with van der Waals surface area (Å²) in [4.78, 5) is 5.05. The molecule has 0 radical (unpaired) electrons. The van der Waals surface area contributed by atoms with Crippen molar-refractivity contribution in [1.29, 1.82) is 0 Å². The Bertz CT molecular complexity index is 434. The number of nitrogens with zero attached hydrogens (tertiary/aromatic N) is 2. The summed E-state index contributed by atoms with van der Waals surface area (Å²) in [6, 6.07) is 7.89. The lowest BCUT2D eigenvalue weighted by molar-refractivity contribution is 0.0825. The van der Waals surface area contributed by atoms with E-state index in [9.17, 15) is 4.39 Å². The molecule has 2 unspecified atom stereocenters. The maximum Gasteiger partial charge on any atom is 0.123 e. The normalized spacial score (nSPS) is 24.6. The summed E-state index contributed by atoms with van der Waals surface area (Å²) in [6.07, 6.45) is 2.74. The Hall–Kier alpha value is -0.970. The maximum atomic E-state index is 13.1. The topological polar surface area (TPSA) is 32.5 Å². The lowest BCUT2D eigenvalue weighted by atomic mass is 9.98. The van der Waals surface area contributed by atoms with E-state index in [1.165, 1.54) is 25.0 Å². The number of hydrogen-bond donors (Lipinski definition) is 1. The number of halogens is 1. The number of rotatable bonds is 4. The van der Waals surface area contributed by atoms with Crippen LogP contribution in [0, 0.1) is 5.82 Å². The minimum atomic E-state index is -0.185. The second-order valence-electron chi connectivity index (χ2n) is 6.16. The molecule has 1 aliphatic heterocycles. The van der Waals surface area contributed by atoms with Gasteiger partial charge in [0, 0.05) is 44.3 Å². The van der Waals surface area contributed by atoms with Crippen LogP contribution in [0.2, 0.25) is 0 Å². The Kier molecular flexibility index (Phi) is 4.06. The van der Waals surface area contributed by atoms with Gasteiger partial charge >= 0.3 is 0 Å². The second kappa shape index (κ2) is 5.80. The molecule has 0 bridgehead atoms. The van der Waals surface area contributed by atoms with E-state index in [4.69, 9.17) is 5.73 Å². The van der Waals surface area contributed by atoms with E-state index in [1.807, 2.05) is 19.1 Å². The summed E-state index contributed by atoms with van der Waals surface area (Å²) in [5, 5.41) is 0.